The molecular weight excluding hydrogens is 574 g/mol. The topological polar surface area (TPSA) is 46.8 Å². The molecule has 7 aromatic carbocycles. The molecule has 0 N–H and O–H groups in total. The molecule has 0 atom stereocenters. The van der Waals surface area contributed by atoms with Crippen molar-refractivity contribution >= 4 is 65.6 Å². The van der Waals surface area contributed by atoms with Crippen LogP contribution in [0.2, 0.25) is 0 Å². The van der Waals surface area contributed by atoms with Gasteiger partial charge in [-0.2, -0.15) is 5.26 Å². The van der Waals surface area contributed by atoms with E-state index < -0.39 is 0 Å². The minimum absolute atomic E-state index is 0.633. The Balaban J connectivity index is 1.21. The Bertz CT molecular complexity index is 2880. The summed E-state index contributed by atoms with van der Waals surface area (Å²) in [5.74, 6) is 0. The van der Waals surface area contributed by atoms with Crippen molar-refractivity contribution in [3.05, 3.63) is 157 Å². The summed E-state index contributed by atoms with van der Waals surface area (Å²) >= 11 is 0. The first-order chi connectivity index (χ1) is 23.3. The zero-order chi connectivity index (χ0) is 31.1. The Morgan fingerprint density at radius 1 is 0.468 bits per heavy atom. The van der Waals surface area contributed by atoms with E-state index in [-0.39, 0.29) is 0 Å². The van der Waals surface area contributed by atoms with Crippen molar-refractivity contribution in [2.24, 2.45) is 0 Å². The molecule has 0 aliphatic carbocycles. The molecule has 0 spiro atoms. The molecule has 0 radical (unpaired) electrons. The number of hydrogen-bond donors (Lipinski definition) is 0. The molecule has 0 bridgehead atoms. The largest absolute Gasteiger partial charge is 0.455 e. The highest BCUT2D eigenvalue weighted by molar-refractivity contribution is 6.23. The van der Waals surface area contributed by atoms with Crippen molar-refractivity contribution in [2.75, 3.05) is 0 Å². The van der Waals surface area contributed by atoms with E-state index in [0.29, 0.717) is 5.56 Å². The van der Waals surface area contributed by atoms with Crippen molar-refractivity contribution in [1.82, 2.24) is 9.13 Å². The van der Waals surface area contributed by atoms with E-state index in [1.165, 1.54) is 10.8 Å². The molecule has 0 amide bonds. The summed E-state index contributed by atoms with van der Waals surface area (Å²) in [6.45, 7) is 0. The summed E-state index contributed by atoms with van der Waals surface area (Å²) < 4.78 is 11.1. The molecule has 10 aromatic rings. The van der Waals surface area contributed by atoms with Crippen LogP contribution in [0.1, 0.15) is 5.56 Å². The van der Waals surface area contributed by atoms with Crippen LogP contribution >= 0.6 is 0 Å². The lowest BCUT2D eigenvalue weighted by Crippen LogP contribution is -1.97. The predicted molar refractivity (Wildman–Crippen MR) is 193 cm³/mol. The van der Waals surface area contributed by atoms with E-state index in [9.17, 15) is 5.26 Å². The molecule has 3 heterocycles. The van der Waals surface area contributed by atoms with Gasteiger partial charge in [-0.15, -0.1) is 0 Å². The van der Waals surface area contributed by atoms with Crippen LogP contribution in [0.25, 0.3) is 88.1 Å². The third-order valence-electron chi connectivity index (χ3n) is 9.56. The minimum Gasteiger partial charge on any atom is -0.455 e. The molecule has 47 heavy (non-hydrogen) atoms. The van der Waals surface area contributed by atoms with Gasteiger partial charge in [-0.25, -0.2) is 0 Å². The molecule has 10 rings (SSSR count). The Morgan fingerprint density at radius 3 is 1.83 bits per heavy atom. The van der Waals surface area contributed by atoms with Crippen molar-refractivity contribution in [3.8, 4) is 28.6 Å². The van der Waals surface area contributed by atoms with Gasteiger partial charge in [0.1, 0.15) is 11.2 Å². The highest BCUT2D eigenvalue weighted by atomic mass is 16.3. The molecule has 4 nitrogen and oxygen atoms in total. The Kier molecular flexibility index (Phi) is 5.32. The SMILES string of the molecule is N#Cc1ccc(-n2c3ccccc3c3c4oc5ccccc5c4ccc32)cc1-c1cccc(-n2c3ccccc3c3ccccc32)c1. The predicted octanol–water partition coefficient (Wildman–Crippen LogP) is 11.3. The maximum absolute atomic E-state index is 10.3. The lowest BCUT2D eigenvalue weighted by Gasteiger charge is -2.14. The number of rotatable bonds is 3. The number of hydrogen-bond acceptors (Lipinski definition) is 2. The minimum atomic E-state index is 0.633. The van der Waals surface area contributed by atoms with Crippen LogP contribution in [0.3, 0.4) is 0 Å². The second kappa shape index (κ2) is 9.71. The maximum Gasteiger partial charge on any atom is 0.145 e. The van der Waals surface area contributed by atoms with Gasteiger partial charge in [0.25, 0.3) is 0 Å². The number of fused-ring (bicyclic) bond motifs is 10. The molecule has 0 aliphatic heterocycles. The average molecular weight is 600 g/mol. The molecule has 3 aromatic heterocycles. The molecule has 4 heteroatoms. The lowest BCUT2D eigenvalue weighted by molar-refractivity contribution is 0.673. The van der Waals surface area contributed by atoms with Gasteiger partial charge in [0.15, 0.2) is 0 Å². The smallest absolute Gasteiger partial charge is 0.145 e. The summed E-state index contributed by atoms with van der Waals surface area (Å²) in [4.78, 5) is 0. The Hall–Kier alpha value is -6.57. The van der Waals surface area contributed by atoms with Gasteiger partial charge in [0.05, 0.1) is 39.1 Å². The van der Waals surface area contributed by atoms with Crippen molar-refractivity contribution in [3.63, 3.8) is 0 Å². The highest BCUT2D eigenvalue weighted by Crippen LogP contribution is 2.41. The third-order valence-corrected chi connectivity index (χ3v) is 9.56. The van der Waals surface area contributed by atoms with Crippen molar-refractivity contribution < 1.29 is 4.42 Å². The molecule has 0 fully saturated rings. The number of nitrogens with zero attached hydrogens (tertiary/aromatic N) is 3. The van der Waals surface area contributed by atoms with Gasteiger partial charge >= 0.3 is 0 Å². The summed E-state index contributed by atoms with van der Waals surface area (Å²) in [5.41, 5.74) is 10.8. The number of nitriles is 1. The number of furan rings is 1. The fourth-order valence-corrected chi connectivity index (χ4v) is 7.53. The quantitative estimate of drug-likeness (QED) is 0.203. The fraction of sp³-hybridized carbons (Fsp3) is 0. The van der Waals surface area contributed by atoms with Gasteiger partial charge in [0.2, 0.25) is 0 Å². The van der Waals surface area contributed by atoms with Crippen LogP contribution in [-0.4, -0.2) is 9.13 Å². The Morgan fingerprint density at radius 2 is 1.09 bits per heavy atom. The van der Waals surface area contributed by atoms with Gasteiger partial charge in [-0.05, 0) is 72.3 Å². The average Bonchev–Trinajstić information content (AvgIpc) is 3.79. The van der Waals surface area contributed by atoms with Gasteiger partial charge in [-0.1, -0.05) is 84.9 Å². The second-order valence-electron chi connectivity index (χ2n) is 12.0. The van der Waals surface area contributed by atoms with Crippen LogP contribution in [0.15, 0.2) is 156 Å². The van der Waals surface area contributed by atoms with Crippen LogP contribution in [0.4, 0.5) is 0 Å². The van der Waals surface area contributed by atoms with Gasteiger partial charge < -0.3 is 13.6 Å². The number of aromatic nitrogens is 2. The third kappa shape index (κ3) is 3.63. The van der Waals surface area contributed by atoms with E-state index >= 15 is 0 Å². The first kappa shape index (κ1) is 25.7. The molecule has 0 saturated carbocycles. The van der Waals surface area contributed by atoms with E-state index in [1.807, 2.05) is 24.3 Å². The normalized spacial score (nSPS) is 11.8. The number of benzene rings is 7. The molecule has 0 unspecified atom stereocenters. The summed E-state index contributed by atoms with van der Waals surface area (Å²) in [5, 5.41) is 17.2. The van der Waals surface area contributed by atoms with Crippen LogP contribution < -0.4 is 0 Å². The fourth-order valence-electron chi connectivity index (χ4n) is 7.53. The lowest BCUT2D eigenvalue weighted by atomic mass is 9.99. The summed E-state index contributed by atoms with van der Waals surface area (Å²) in [7, 11) is 0. The monoisotopic (exact) mass is 599 g/mol. The summed E-state index contributed by atoms with van der Waals surface area (Å²) in [6, 6.07) is 55.2. The second-order valence-corrected chi connectivity index (χ2v) is 12.0. The maximum atomic E-state index is 10.3. The van der Waals surface area contributed by atoms with E-state index in [4.69, 9.17) is 4.42 Å². The van der Waals surface area contributed by atoms with Crippen molar-refractivity contribution in [2.45, 2.75) is 0 Å². The highest BCUT2D eigenvalue weighted by Gasteiger charge is 2.20. The first-order valence-electron chi connectivity index (χ1n) is 15.8. The molecule has 0 saturated heterocycles. The Labute approximate surface area is 269 Å². The standard InChI is InChI=1S/C43H25N3O/c44-26-28-20-21-30(46-39-18-7-3-15-35(39)42-40(46)23-22-34-33-14-4-8-19-41(33)47-43(34)42)25-36(28)27-10-9-11-29(24-27)45-37-16-5-1-12-31(37)32-13-2-6-17-38(32)45/h1-25H. The van der Waals surface area contributed by atoms with E-state index in [2.05, 4.69) is 143 Å². The van der Waals surface area contributed by atoms with Gasteiger partial charge in [0, 0.05) is 43.9 Å². The van der Waals surface area contributed by atoms with Crippen LogP contribution in [-0.2, 0) is 0 Å². The molecule has 0 aliphatic rings. The molecule has 218 valence electrons. The zero-order valence-electron chi connectivity index (χ0n) is 25.2. The van der Waals surface area contributed by atoms with Gasteiger partial charge in [-0.3, -0.25) is 0 Å². The summed E-state index contributed by atoms with van der Waals surface area (Å²) in [6.07, 6.45) is 0. The van der Waals surface area contributed by atoms with E-state index in [1.54, 1.807) is 0 Å². The number of para-hydroxylation sites is 4. The zero-order valence-corrected chi connectivity index (χ0v) is 25.2. The van der Waals surface area contributed by atoms with Crippen LogP contribution in [0.5, 0.6) is 0 Å². The van der Waals surface area contributed by atoms with E-state index in [0.717, 1.165) is 77.3 Å². The van der Waals surface area contributed by atoms with Crippen LogP contribution in [0, 0.1) is 11.3 Å². The van der Waals surface area contributed by atoms with Crippen molar-refractivity contribution in [1.29, 1.82) is 5.26 Å². The molecular formula is C43H25N3O. The first-order valence-corrected chi connectivity index (χ1v) is 15.8.